The highest BCUT2D eigenvalue weighted by molar-refractivity contribution is 8.15. The van der Waals surface area contributed by atoms with Crippen molar-refractivity contribution in [3.8, 4) is 0 Å². The van der Waals surface area contributed by atoms with Crippen LogP contribution >= 0.6 is 11.8 Å². The molecule has 0 aromatic heterocycles. The van der Waals surface area contributed by atoms with Gasteiger partial charge in [0.2, 0.25) is 11.8 Å². The molecule has 0 radical (unpaired) electrons. The Morgan fingerprint density at radius 1 is 1.00 bits per heavy atom. The van der Waals surface area contributed by atoms with Gasteiger partial charge in [-0.1, -0.05) is 73.3 Å². The third-order valence-corrected chi connectivity index (χ3v) is 8.36. The predicted molar refractivity (Wildman–Crippen MR) is 165 cm³/mol. The monoisotopic (exact) mass is 567 g/mol. The third kappa shape index (κ3) is 6.74. The number of benzene rings is 3. The molecule has 0 bridgehead atoms. The van der Waals surface area contributed by atoms with Crippen molar-refractivity contribution in [2.24, 2.45) is 9.98 Å². The van der Waals surface area contributed by atoms with Gasteiger partial charge in [-0.15, -0.1) is 0 Å². The summed E-state index contributed by atoms with van der Waals surface area (Å²) >= 11 is 1.32. The van der Waals surface area contributed by atoms with Crippen molar-refractivity contribution in [2.75, 3.05) is 11.9 Å². The minimum Gasteiger partial charge on any atom is -0.356 e. The van der Waals surface area contributed by atoms with E-state index in [1.54, 1.807) is 0 Å². The maximum Gasteiger partial charge on any atom is 0.270 e. The van der Waals surface area contributed by atoms with Crippen molar-refractivity contribution < 1.29 is 14.4 Å². The summed E-state index contributed by atoms with van der Waals surface area (Å²) in [4.78, 5) is 50.2. The number of para-hydroxylation sites is 1. The van der Waals surface area contributed by atoms with Crippen LogP contribution in [0.4, 0.5) is 11.4 Å². The molecule has 0 fully saturated rings. The fourth-order valence-electron chi connectivity index (χ4n) is 4.90. The largest absolute Gasteiger partial charge is 0.356 e. The number of aryl methyl sites for hydroxylation is 1. The van der Waals surface area contributed by atoms with Crippen molar-refractivity contribution >= 4 is 51.9 Å². The minimum atomic E-state index is -0.665. The standard InChI is InChI=1S/C32H33N5O3S/c1-3-27(31(40)34-23-13-9-10-21(2)20-23)41-32-35-25-15-8-7-14-24(25)29-36-30(39)26(37(29)32)16-17-28(38)33-19-18-22-11-5-4-6-12-22/h4-15,20,26-27H,3,16-19H2,1-2H3,(H,33,38)(H,34,40). The molecular weight excluding hydrogens is 534 g/mol. The van der Waals surface area contributed by atoms with Crippen molar-refractivity contribution in [3.63, 3.8) is 0 Å². The lowest BCUT2D eigenvalue weighted by Crippen LogP contribution is -2.45. The average Bonchev–Trinajstić information content (AvgIpc) is 3.31. The maximum absolute atomic E-state index is 13.3. The van der Waals surface area contributed by atoms with E-state index in [1.165, 1.54) is 11.8 Å². The first kappa shape index (κ1) is 28.3. The number of rotatable bonds is 10. The van der Waals surface area contributed by atoms with Gasteiger partial charge in [-0.2, -0.15) is 4.99 Å². The highest BCUT2D eigenvalue weighted by Gasteiger charge is 2.42. The van der Waals surface area contributed by atoms with Crippen LogP contribution in [0, 0.1) is 6.92 Å². The van der Waals surface area contributed by atoms with Gasteiger partial charge in [0, 0.05) is 24.2 Å². The fourth-order valence-corrected chi connectivity index (χ4v) is 5.97. The van der Waals surface area contributed by atoms with E-state index in [0.29, 0.717) is 29.7 Å². The number of amides is 3. The number of carbonyl (C=O) groups excluding carboxylic acids is 3. The van der Waals surface area contributed by atoms with Gasteiger partial charge >= 0.3 is 0 Å². The van der Waals surface area contributed by atoms with Gasteiger partial charge in [0.05, 0.1) is 10.9 Å². The molecule has 2 aliphatic rings. The molecule has 9 heteroatoms. The normalized spacial score (nSPS) is 16.3. The lowest BCUT2D eigenvalue weighted by atomic mass is 10.1. The molecule has 0 saturated heterocycles. The van der Waals surface area contributed by atoms with Gasteiger partial charge in [0.1, 0.15) is 11.9 Å². The third-order valence-electron chi connectivity index (χ3n) is 7.03. The van der Waals surface area contributed by atoms with Gasteiger partial charge in [0.15, 0.2) is 5.17 Å². The van der Waals surface area contributed by atoms with Gasteiger partial charge < -0.3 is 10.6 Å². The number of nitrogens with one attached hydrogen (secondary N) is 2. The Balaban J connectivity index is 1.29. The second-order valence-electron chi connectivity index (χ2n) is 10.1. The van der Waals surface area contributed by atoms with Crippen LogP contribution in [0.25, 0.3) is 0 Å². The second kappa shape index (κ2) is 13.0. The molecule has 3 amide bonds. The van der Waals surface area contributed by atoms with Crippen LogP contribution in [0.1, 0.15) is 42.9 Å². The van der Waals surface area contributed by atoms with Crippen molar-refractivity contribution in [1.29, 1.82) is 0 Å². The van der Waals surface area contributed by atoms with Crippen molar-refractivity contribution in [1.82, 2.24) is 10.2 Å². The van der Waals surface area contributed by atoms with Crippen LogP contribution in [0.3, 0.4) is 0 Å². The van der Waals surface area contributed by atoms with E-state index in [4.69, 9.17) is 4.99 Å². The first-order valence-corrected chi connectivity index (χ1v) is 14.8. The zero-order chi connectivity index (χ0) is 28.8. The molecule has 210 valence electrons. The molecule has 41 heavy (non-hydrogen) atoms. The van der Waals surface area contributed by atoms with Gasteiger partial charge in [-0.05, 0) is 61.6 Å². The fraction of sp³-hybridized carbons (Fsp3) is 0.281. The van der Waals surface area contributed by atoms with E-state index in [9.17, 15) is 14.4 Å². The predicted octanol–water partition coefficient (Wildman–Crippen LogP) is 5.24. The number of thioether (sulfide) groups is 1. The first-order valence-electron chi connectivity index (χ1n) is 13.9. The number of hydrogen-bond donors (Lipinski definition) is 2. The highest BCUT2D eigenvalue weighted by atomic mass is 32.2. The van der Waals surface area contributed by atoms with Crippen LogP contribution in [0.5, 0.6) is 0 Å². The summed E-state index contributed by atoms with van der Waals surface area (Å²) in [6, 6.07) is 24.5. The summed E-state index contributed by atoms with van der Waals surface area (Å²) in [6.07, 6.45) is 1.76. The molecule has 0 aliphatic carbocycles. The van der Waals surface area contributed by atoms with Crippen LogP contribution in [0.2, 0.25) is 0 Å². The van der Waals surface area contributed by atoms with Crippen LogP contribution in [-0.2, 0) is 20.8 Å². The molecule has 0 spiro atoms. The topological polar surface area (TPSA) is 103 Å². The van der Waals surface area contributed by atoms with E-state index in [0.717, 1.165) is 28.8 Å². The molecule has 2 N–H and O–H groups in total. The lowest BCUT2D eigenvalue weighted by Gasteiger charge is -2.32. The van der Waals surface area contributed by atoms with Crippen LogP contribution in [0.15, 0.2) is 88.8 Å². The number of fused-ring (bicyclic) bond motifs is 3. The summed E-state index contributed by atoms with van der Waals surface area (Å²) in [5.74, 6) is -0.0383. The summed E-state index contributed by atoms with van der Waals surface area (Å²) in [5, 5.41) is 6.06. The Kier molecular flexibility index (Phi) is 8.94. The Hall–Kier alpha value is -4.24. The number of anilines is 1. The number of aliphatic imine (C=N–C) groups is 2. The summed E-state index contributed by atoms with van der Waals surface area (Å²) < 4.78 is 0. The summed E-state index contributed by atoms with van der Waals surface area (Å²) in [7, 11) is 0. The van der Waals surface area contributed by atoms with E-state index in [-0.39, 0.29) is 30.6 Å². The molecule has 2 aliphatic heterocycles. The Labute approximate surface area is 244 Å². The minimum absolute atomic E-state index is 0.116. The summed E-state index contributed by atoms with van der Waals surface area (Å²) in [6.45, 7) is 4.45. The Morgan fingerprint density at radius 2 is 1.78 bits per heavy atom. The molecule has 5 rings (SSSR count). The zero-order valence-corrected chi connectivity index (χ0v) is 24.0. The Bertz CT molecular complexity index is 1500. The first-order chi connectivity index (χ1) is 19.9. The second-order valence-corrected chi connectivity index (χ2v) is 11.2. The number of carbonyl (C=O) groups is 3. The lowest BCUT2D eigenvalue weighted by molar-refractivity contribution is -0.122. The van der Waals surface area contributed by atoms with E-state index >= 15 is 0 Å². The van der Waals surface area contributed by atoms with Gasteiger partial charge in [-0.3, -0.25) is 19.3 Å². The molecule has 8 nitrogen and oxygen atoms in total. The molecule has 3 aromatic rings. The van der Waals surface area contributed by atoms with E-state index < -0.39 is 11.3 Å². The highest BCUT2D eigenvalue weighted by Crippen LogP contribution is 2.37. The van der Waals surface area contributed by atoms with Gasteiger partial charge in [0.25, 0.3) is 5.91 Å². The van der Waals surface area contributed by atoms with Crippen LogP contribution < -0.4 is 10.6 Å². The zero-order valence-electron chi connectivity index (χ0n) is 23.2. The van der Waals surface area contributed by atoms with Crippen molar-refractivity contribution in [3.05, 3.63) is 95.6 Å². The number of amidine groups is 2. The molecule has 2 atom stereocenters. The van der Waals surface area contributed by atoms with E-state index in [2.05, 4.69) is 15.6 Å². The Morgan fingerprint density at radius 3 is 2.56 bits per heavy atom. The van der Waals surface area contributed by atoms with E-state index in [1.807, 2.05) is 97.6 Å². The summed E-state index contributed by atoms with van der Waals surface area (Å²) in [5.41, 5.74) is 4.40. The molecule has 2 unspecified atom stereocenters. The van der Waals surface area contributed by atoms with Gasteiger partial charge in [-0.25, -0.2) is 4.99 Å². The smallest absolute Gasteiger partial charge is 0.270 e. The quantitative estimate of drug-likeness (QED) is 0.349. The van der Waals surface area contributed by atoms with Crippen molar-refractivity contribution in [2.45, 2.75) is 50.8 Å². The molecule has 3 aromatic carbocycles. The SMILES string of the molecule is CCC(SC1=Nc2ccccc2C2=NC(=O)C(CCC(=O)NCCc3ccccc3)N12)C(=O)Nc1cccc(C)c1. The average molecular weight is 568 g/mol. The maximum atomic E-state index is 13.3. The number of nitrogens with zero attached hydrogens (tertiary/aromatic N) is 3. The molecule has 2 heterocycles. The molecular formula is C32H33N5O3S. The van der Waals surface area contributed by atoms with Crippen LogP contribution in [-0.4, -0.2) is 51.5 Å². The molecule has 0 saturated carbocycles. The number of hydrogen-bond acceptors (Lipinski definition) is 6.